The maximum absolute atomic E-state index is 5.31. The molecule has 0 aliphatic heterocycles. The van der Waals surface area contributed by atoms with Crippen molar-refractivity contribution in [3.63, 3.8) is 0 Å². The highest BCUT2D eigenvalue weighted by Gasteiger charge is 2.21. The van der Waals surface area contributed by atoms with E-state index >= 15 is 0 Å². The lowest BCUT2D eigenvalue weighted by Gasteiger charge is -1.98. The van der Waals surface area contributed by atoms with Crippen LogP contribution < -0.4 is 0 Å². The number of ether oxygens (including phenoxy) is 1. The molecule has 0 bridgehead atoms. The molecule has 0 aromatic carbocycles. The molecule has 1 aliphatic carbocycles. The summed E-state index contributed by atoms with van der Waals surface area (Å²) in [7, 11) is 1.36. The number of hydrogen-bond acceptors (Lipinski definition) is 3. The summed E-state index contributed by atoms with van der Waals surface area (Å²) >= 11 is 2.10. The molecule has 0 N–H and O–H groups in total. The lowest BCUT2D eigenvalue weighted by molar-refractivity contribution is 0.0948. The third-order valence-electron chi connectivity index (χ3n) is 1.09. The van der Waals surface area contributed by atoms with Crippen molar-refractivity contribution in [2.45, 2.75) is 18.9 Å². The minimum absolute atomic E-state index is 0.563. The average Bonchev–Trinajstić information content (AvgIpc) is 2.63. The van der Waals surface area contributed by atoms with Crippen molar-refractivity contribution in [2.75, 3.05) is 13.2 Å². The van der Waals surface area contributed by atoms with Crippen molar-refractivity contribution in [1.82, 2.24) is 0 Å². The quantitative estimate of drug-likeness (QED) is 0.429. The van der Waals surface area contributed by atoms with Crippen LogP contribution in [0.1, 0.15) is 12.8 Å². The van der Waals surface area contributed by atoms with Crippen molar-refractivity contribution in [1.29, 1.82) is 0 Å². The third kappa shape index (κ3) is 4.41. The van der Waals surface area contributed by atoms with E-state index in [1.165, 1.54) is 22.1 Å². The van der Waals surface area contributed by atoms with Crippen LogP contribution in [0, 0.1) is 0 Å². The lowest BCUT2D eigenvalue weighted by Crippen LogP contribution is -2.01. The summed E-state index contributed by atoms with van der Waals surface area (Å²) < 4.78 is 10.3. The normalized spacial score (nSPS) is 18.3. The Labute approximate surface area is 71.5 Å². The highest BCUT2D eigenvalue weighted by Crippen LogP contribution is 2.23. The van der Waals surface area contributed by atoms with Gasteiger partial charge in [-0.15, -0.1) is 0 Å². The zero-order valence-corrected chi connectivity index (χ0v) is 7.98. The Morgan fingerprint density at radius 1 is 1.44 bits per heavy atom. The van der Waals surface area contributed by atoms with Crippen LogP contribution in [0.5, 0.6) is 0 Å². The molecule has 54 valence electrons. The van der Waals surface area contributed by atoms with Crippen LogP contribution in [0.3, 0.4) is 0 Å². The molecule has 1 aliphatic rings. The van der Waals surface area contributed by atoms with Gasteiger partial charge in [0, 0.05) is 21.2 Å². The SMILES string of the molecule is ISOCCOC1CC1. The van der Waals surface area contributed by atoms with Gasteiger partial charge in [0.15, 0.2) is 0 Å². The molecule has 0 unspecified atom stereocenters. The van der Waals surface area contributed by atoms with Crippen molar-refractivity contribution in [2.24, 2.45) is 0 Å². The molecule has 1 saturated carbocycles. The topological polar surface area (TPSA) is 18.5 Å². The molecular formula is C5H9IO2S. The second-order valence-electron chi connectivity index (χ2n) is 1.96. The summed E-state index contributed by atoms with van der Waals surface area (Å²) in [6.07, 6.45) is 3.06. The Kier molecular flexibility index (Phi) is 4.28. The van der Waals surface area contributed by atoms with Gasteiger partial charge in [-0.25, -0.2) is 0 Å². The molecule has 4 heteroatoms. The van der Waals surface area contributed by atoms with Gasteiger partial charge in [-0.2, -0.15) is 0 Å². The molecule has 0 heterocycles. The summed E-state index contributed by atoms with van der Waals surface area (Å²) in [6, 6.07) is 0. The largest absolute Gasteiger partial charge is 0.376 e. The molecule has 0 spiro atoms. The van der Waals surface area contributed by atoms with E-state index in [-0.39, 0.29) is 0 Å². The Morgan fingerprint density at radius 3 is 2.78 bits per heavy atom. The van der Waals surface area contributed by atoms with Crippen LogP contribution >= 0.6 is 30.4 Å². The smallest absolute Gasteiger partial charge is 0.0857 e. The summed E-state index contributed by atoms with van der Waals surface area (Å²) in [5, 5.41) is 0. The molecule has 9 heavy (non-hydrogen) atoms. The monoisotopic (exact) mass is 260 g/mol. The van der Waals surface area contributed by atoms with Gasteiger partial charge >= 0.3 is 0 Å². The molecular weight excluding hydrogens is 251 g/mol. The van der Waals surface area contributed by atoms with Gasteiger partial charge < -0.3 is 8.92 Å². The highest BCUT2D eigenvalue weighted by atomic mass is 127. The highest BCUT2D eigenvalue weighted by molar-refractivity contribution is 14.2. The molecule has 0 aromatic heterocycles. The van der Waals surface area contributed by atoms with Gasteiger partial charge in [0.25, 0.3) is 0 Å². The first-order chi connectivity index (χ1) is 4.43. The van der Waals surface area contributed by atoms with E-state index in [0.29, 0.717) is 12.7 Å². The van der Waals surface area contributed by atoms with Crippen LogP contribution in [0.15, 0.2) is 0 Å². The van der Waals surface area contributed by atoms with Crippen molar-refractivity contribution in [3.05, 3.63) is 0 Å². The van der Waals surface area contributed by atoms with Gasteiger partial charge in [-0.1, -0.05) is 0 Å². The van der Waals surface area contributed by atoms with Crippen molar-refractivity contribution < 1.29 is 8.92 Å². The van der Waals surface area contributed by atoms with E-state index in [1.54, 1.807) is 0 Å². The zero-order valence-electron chi connectivity index (χ0n) is 5.01. The fourth-order valence-electron chi connectivity index (χ4n) is 0.515. The number of rotatable bonds is 5. The summed E-state index contributed by atoms with van der Waals surface area (Å²) in [6.45, 7) is 1.46. The minimum atomic E-state index is 0.563. The van der Waals surface area contributed by atoms with E-state index in [9.17, 15) is 0 Å². The van der Waals surface area contributed by atoms with Crippen LogP contribution in [0.2, 0.25) is 0 Å². The summed E-state index contributed by atoms with van der Waals surface area (Å²) in [5.74, 6) is 0. The minimum Gasteiger partial charge on any atom is -0.376 e. The molecule has 0 radical (unpaired) electrons. The van der Waals surface area contributed by atoms with Gasteiger partial charge in [0.1, 0.15) is 0 Å². The molecule has 0 amide bonds. The number of halogens is 1. The van der Waals surface area contributed by atoms with E-state index in [4.69, 9.17) is 8.92 Å². The first-order valence-electron chi connectivity index (χ1n) is 2.95. The molecule has 1 rings (SSSR count). The fourth-order valence-corrected chi connectivity index (χ4v) is 1.19. The number of hydrogen-bond donors (Lipinski definition) is 0. The standard InChI is InChI=1S/C5H9IO2S/c6-9-8-4-3-7-5-1-2-5/h5H,1-4H2. The molecule has 0 aromatic rings. The van der Waals surface area contributed by atoms with Gasteiger partial charge in [0.2, 0.25) is 0 Å². The molecule has 0 saturated heterocycles. The zero-order chi connectivity index (χ0) is 6.53. The van der Waals surface area contributed by atoms with Crippen molar-refractivity contribution >= 4 is 30.4 Å². The van der Waals surface area contributed by atoms with E-state index in [1.807, 2.05) is 0 Å². The third-order valence-corrected chi connectivity index (χ3v) is 2.11. The Balaban J connectivity index is 1.71. The second-order valence-corrected chi connectivity index (χ2v) is 3.40. The predicted molar refractivity (Wildman–Crippen MR) is 46.5 cm³/mol. The van der Waals surface area contributed by atoms with E-state index < -0.39 is 0 Å². The lowest BCUT2D eigenvalue weighted by atomic mass is 10.7. The summed E-state index contributed by atoms with van der Waals surface area (Å²) in [5.41, 5.74) is 0. The van der Waals surface area contributed by atoms with Gasteiger partial charge in [-0.3, -0.25) is 0 Å². The van der Waals surface area contributed by atoms with Crippen LogP contribution in [-0.2, 0) is 8.92 Å². The summed E-state index contributed by atoms with van der Waals surface area (Å²) in [4.78, 5) is 0. The Bertz CT molecular complexity index is 77.4. The average molecular weight is 260 g/mol. The van der Waals surface area contributed by atoms with E-state index in [0.717, 1.165) is 6.61 Å². The Morgan fingerprint density at radius 2 is 2.22 bits per heavy atom. The Hall–Kier alpha value is 1.00. The first-order valence-corrected chi connectivity index (χ1v) is 6.23. The molecule has 2 nitrogen and oxygen atoms in total. The maximum atomic E-state index is 5.31. The fraction of sp³-hybridized carbons (Fsp3) is 1.00. The molecule has 0 atom stereocenters. The predicted octanol–water partition coefficient (Wildman–Crippen LogP) is 2.18. The maximum Gasteiger partial charge on any atom is 0.0857 e. The van der Waals surface area contributed by atoms with Crippen LogP contribution in [0.25, 0.3) is 0 Å². The first kappa shape index (κ1) is 8.10. The van der Waals surface area contributed by atoms with Gasteiger partial charge in [0.05, 0.1) is 28.5 Å². The van der Waals surface area contributed by atoms with Crippen LogP contribution in [0.4, 0.5) is 0 Å². The second kappa shape index (κ2) is 4.76. The van der Waals surface area contributed by atoms with Crippen molar-refractivity contribution in [3.8, 4) is 0 Å². The van der Waals surface area contributed by atoms with E-state index in [2.05, 4.69) is 21.2 Å². The van der Waals surface area contributed by atoms with Gasteiger partial charge in [-0.05, 0) is 12.8 Å². The molecule has 1 fully saturated rings. The van der Waals surface area contributed by atoms with Crippen LogP contribution in [-0.4, -0.2) is 19.3 Å².